The van der Waals surface area contributed by atoms with Crippen LogP contribution in [0.3, 0.4) is 0 Å². The molecule has 186 valence electrons. The summed E-state index contributed by atoms with van der Waals surface area (Å²) < 4.78 is 27.8. The van der Waals surface area contributed by atoms with E-state index in [0.717, 1.165) is 43.5 Å². The third-order valence-electron chi connectivity index (χ3n) is 7.32. The molecule has 3 heterocycles. The number of carbonyl (C=O) groups excluding carboxylic acids is 2. The minimum atomic E-state index is -1.66. The van der Waals surface area contributed by atoms with Crippen LogP contribution in [-0.2, 0) is 30.2 Å². The van der Waals surface area contributed by atoms with Crippen molar-refractivity contribution in [2.75, 3.05) is 33.6 Å². The average molecular weight is 484 g/mol. The lowest BCUT2D eigenvalue weighted by atomic mass is 9.77. The normalized spacial score (nSPS) is 26.8. The van der Waals surface area contributed by atoms with Crippen LogP contribution in [-0.4, -0.2) is 73.3 Å². The molecular weight excluding hydrogens is 454 g/mol. The van der Waals surface area contributed by atoms with Crippen LogP contribution in [0.1, 0.15) is 43.2 Å². The first-order valence-corrected chi connectivity index (χ1v) is 11.8. The maximum atomic E-state index is 12.9. The first-order valence-electron chi connectivity index (χ1n) is 11.8. The number of carbonyl (C=O) groups is 2. The van der Waals surface area contributed by atoms with Gasteiger partial charge in [-0.3, -0.25) is 9.69 Å². The van der Waals surface area contributed by atoms with Gasteiger partial charge in [-0.2, -0.15) is 0 Å². The largest absolute Gasteiger partial charge is 0.497 e. The molecule has 1 spiro atoms. The average Bonchev–Trinajstić information content (AvgIpc) is 3.53. The first-order chi connectivity index (χ1) is 17.0. The number of hydrogen-bond acceptors (Lipinski definition) is 9. The molecule has 4 aliphatic rings. The lowest BCUT2D eigenvalue weighted by Crippen LogP contribution is -2.47. The zero-order valence-corrected chi connectivity index (χ0v) is 19.9. The van der Waals surface area contributed by atoms with Gasteiger partial charge in [0.2, 0.25) is 6.79 Å². The molecule has 1 fully saturated rings. The van der Waals surface area contributed by atoms with Crippen LogP contribution in [0.5, 0.6) is 11.5 Å². The molecule has 35 heavy (non-hydrogen) atoms. The molecular formula is C26H29NO8. The van der Waals surface area contributed by atoms with Gasteiger partial charge in [0.15, 0.2) is 30.3 Å². The molecule has 0 saturated carbocycles. The summed E-state index contributed by atoms with van der Waals surface area (Å²) in [6, 6.07) is 4.00. The fourth-order valence-electron chi connectivity index (χ4n) is 5.79. The van der Waals surface area contributed by atoms with Gasteiger partial charge in [-0.15, -0.1) is 5.92 Å². The van der Waals surface area contributed by atoms with Crippen molar-refractivity contribution in [3.63, 3.8) is 0 Å². The number of aliphatic hydroxyl groups excluding tert-OH is 1. The van der Waals surface area contributed by atoms with Crippen LogP contribution in [0.15, 0.2) is 24.0 Å². The number of rotatable bonds is 6. The van der Waals surface area contributed by atoms with Crippen molar-refractivity contribution < 1.29 is 38.4 Å². The zero-order chi connectivity index (χ0) is 24.6. The van der Waals surface area contributed by atoms with Gasteiger partial charge >= 0.3 is 11.9 Å². The number of fused-ring (bicyclic) bond motifs is 3. The van der Waals surface area contributed by atoms with Crippen molar-refractivity contribution in [1.82, 2.24) is 4.90 Å². The number of nitrogens with zero attached hydrogens (tertiary/aromatic N) is 1. The molecule has 1 aromatic carbocycles. The lowest BCUT2D eigenvalue weighted by molar-refractivity contribution is -0.165. The van der Waals surface area contributed by atoms with E-state index >= 15 is 0 Å². The van der Waals surface area contributed by atoms with Gasteiger partial charge in [-0.05, 0) is 62.1 Å². The number of ether oxygens (including phenoxy) is 5. The van der Waals surface area contributed by atoms with Crippen LogP contribution < -0.4 is 9.47 Å². The minimum absolute atomic E-state index is 0.0936. The molecule has 1 aliphatic carbocycles. The molecule has 5 rings (SSSR count). The second-order valence-corrected chi connectivity index (χ2v) is 9.13. The number of benzene rings is 1. The maximum absolute atomic E-state index is 12.9. The zero-order valence-electron chi connectivity index (χ0n) is 19.9. The summed E-state index contributed by atoms with van der Waals surface area (Å²) >= 11 is 0. The Morgan fingerprint density at radius 3 is 2.86 bits per heavy atom. The number of hydrogen-bond donors (Lipinski definition) is 1. The molecule has 3 aliphatic heterocycles. The number of methoxy groups -OCH3 is 1. The van der Waals surface area contributed by atoms with E-state index in [1.54, 1.807) is 14.0 Å². The summed E-state index contributed by atoms with van der Waals surface area (Å²) in [7, 11) is 1.55. The van der Waals surface area contributed by atoms with Crippen LogP contribution in [0.2, 0.25) is 0 Å². The minimum Gasteiger partial charge on any atom is -0.497 e. The third-order valence-corrected chi connectivity index (χ3v) is 7.32. The van der Waals surface area contributed by atoms with E-state index in [4.69, 9.17) is 23.7 Å². The highest BCUT2D eigenvalue weighted by atomic mass is 16.7. The van der Waals surface area contributed by atoms with Crippen molar-refractivity contribution in [3.8, 4) is 23.3 Å². The SMILES string of the molecule is CC#CCOC(=O)C[C@@H](O)C(=O)OC1C(OC)=CC23CCCN2CCc2cc4c(cc2[C@H]13)OCO4. The monoisotopic (exact) mass is 483 g/mol. The van der Waals surface area contributed by atoms with Gasteiger partial charge in [0.25, 0.3) is 0 Å². The Morgan fingerprint density at radius 1 is 1.29 bits per heavy atom. The Kier molecular flexibility index (Phi) is 6.34. The van der Waals surface area contributed by atoms with Crippen molar-refractivity contribution >= 4 is 11.9 Å². The fraction of sp³-hybridized carbons (Fsp3) is 0.538. The highest BCUT2D eigenvalue weighted by Gasteiger charge is 2.58. The number of esters is 2. The molecule has 1 N–H and O–H groups in total. The quantitative estimate of drug-likeness (QED) is 0.478. The summed E-state index contributed by atoms with van der Waals surface area (Å²) in [4.78, 5) is 27.3. The Morgan fingerprint density at radius 2 is 2.09 bits per heavy atom. The molecule has 1 aromatic rings. The third kappa shape index (κ3) is 4.11. The van der Waals surface area contributed by atoms with Crippen LogP contribution in [0.25, 0.3) is 0 Å². The van der Waals surface area contributed by atoms with Gasteiger partial charge < -0.3 is 28.8 Å². The molecule has 9 nitrogen and oxygen atoms in total. The maximum Gasteiger partial charge on any atom is 0.336 e. The summed E-state index contributed by atoms with van der Waals surface area (Å²) in [5.41, 5.74) is 1.76. The van der Waals surface area contributed by atoms with Gasteiger partial charge in [0.05, 0.1) is 25.0 Å². The van der Waals surface area contributed by atoms with Crippen molar-refractivity contribution in [2.24, 2.45) is 0 Å². The fourth-order valence-corrected chi connectivity index (χ4v) is 5.79. The molecule has 4 atom stereocenters. The summed E-state index contributed by atoms with van der Waals surface area (Å²) in [5, 5.41) is 10.4. The molecule has 0 amide bonds. The van der Waals surface area contributed by atoms with E-state index in [9.17, 15) is 14.7 Å². The molecule has 9 heteroatoms. The predicted octanol–water partition coefficient (Wildman–Crippen LogP) is 1.66. The van der Waals surface area contributed by atoms with Gasteiger partial charge in [0, 0.05) is 6.54 Å². The van der Waals surface area contributed by atoms with E-state index < -0.39 is 30.6 Å². The molecule has 0 bridgehead atoms. The van der Waals surface area contributed by atoms with Crippen molar-refractivity contribution in [3.05, 3.63) is 35.1 Å². The van der Waals surface area contributed by atoms with E-state index in [-0.39, 0.29) is 24.9 Å². The lowest BCUT2D eigenvalue weighted by Gasteiger charge is -2.39. The molecule has 2 unspecified atom stereocenters. The standard InChI is InChI=1S/C26H29NO8/c1-3-4-10-32-22(29)13-18(28)25(30)35-24-21(31-2)14-26-7-5-8-27(26)9-6-16-11-19-20(34-15-33-19)12-17(16)23(24)26/h11-12,14,18,23-24,28H,5-10,13,15H2,1-2H3/t18-,23-,24?,26?/m1/s1. The van der Waals surface area contributed by atoms with E-state index in [1.165, 1.54) is 0 Å². The van der Waals surface area contributed by atoms with Crippen molar-refractivity contribution in [1.29, 1.82) is 0 Å². The van der Waals surface area contributed by atoms with Crippen molar-refractivity contribution in [2.45, 2.75) is 56.3 Å². The van der Waals surface area contributed by atoms with E-state index in [0.29, 0.717) is 17.3 Å². The smallest absolute Gasteiger partial charge is 0.336 e. The molecule has 0 radical (unpaired) electrons. The van der Waals surface area contributed by atoms with Gasteiger partial charge in [-0.25, -0.2) is 4.79 Å². The Labute approximate surface area is 203 Å². The Balaban J connectivity index is 1.44. The first kappa shape index (κ1) is 23.5. The topological polar surface area (TPSA) is 104 Å². The summed E-state index contributed by atoms with van der Waals surface area (Å²) in [6.07, 6.45) is 1.87. The van der Waals surface area contributed by atoms with E-state index in [2.05, 4.69) is 22.8 Å². The second-order valence-electron chi connectivity index (χ2n) is 9.13. The van der Waals surface area contributed by atoms with E-state index in [1.807, 2.05) is 12.1 Å². The Bertz CT molecular complexity index is 1120. The summed E-state index contributed by atoms with van der Waals surface area (Å²) in [6.45, 7) is 3.49. The summed E-state index contributed by atoms with van der Waals surface area (Å²) in [5.74, 6) is 5.25. The predicted molar refractivity (Wildman–Crippen MR) is 123 cm³/mol. The highest BCUT2D eigenvalue weighted by molar-refractivity contribution is 5.82. The van der Waals surface area contributed by atoms with Crippen LogP contribution in [0, 0.1) is 11.8 Å². The van der Waals surface area contributed by atoms with Gasteiger partial charge in [0.1, 0.15) is 5.76 Å². The number of aliphatic hydroxyl groups is 1. The molecule has 1 saturated heterocycles. The highest BCUT2D eigenvalue weighted by Crippen LogP contribution is 2.55. The Hall–Kier alpha value is -3.22. The molecule has 0 aromatic heterocycles. The second kappa shape index (κ2) is 9.44. The van der Waals surface area contributed by atoms with Crippen LogP contribution in [0.4, 0.5) is 0 Å². The van der Waals surface area contributed by atoms with Crippen LogP contribution >= 0.6 is 0 Å². The van der Waals surface area contributed by atoms with Gasteiger partial charge in [-0.1, -0.05) is 5.92 Å².